The zero-order valence-electron chi connectivity index (χ0n) is 10.3. The molecule has 94 valence electrons. The summed E-state index contributed by atoms with van der Waals surface area (Å²) in [4.78, 5) is 10.8. The summed E-state index contributed by atoms with van der Waals surface area (Å²) in [6.45, 7) is 1.91. The first kappa shape index (κ1) is 12.6. The third kappa shape index (κ3) is 2.69. The van der Waals surface area contributed by atoms with Gasteiger partial charge >= 0.3 is 5.69 Å². The molecule has 2 aromatic rings. The molecule has 0 bridgehead atoms. The molecule has 0 fully saturated rings. The van der Waals surface area contributed by atoms with E-state index in [1.165, 1.54) is 6.07 Å². The van der Waals surface area contributed by atoms with Gasteiger partial charge in [0, 0.05) is 6.07 Å². The van der Waals surface area contributed by atoms with Crippen LogP contribution in [0, 0.1) is 23.2 Å². The fraction of sp³-hybridized carbons (Fsp3) is 0.0714. The fourth-order valence-corrected chi connectivity index (χ4v) is 1.75. The molecule has 0 saturated carbocycles. The van der Waals surface area contributed by atoms with Crippen molar-refractivity contribution in [3.05, 3.63) is 58.5 Å². The minimum absolute atomic E-state index is 0.0906. The smallest absolute Gasteiger partial charge is 0.339 e. The molecule has 0 aliphatic heterocycles. The van der Waals surface area contributed by atoms with Crippen LogP contribution in [0.25, 0.3) is 0 Å². The highest BCUT2D eigenvalue weighted by Crippen LogP contribution is 2.28. The van der Waals surface area contributed by atoms with Crippen LogP contribution in [0.15, 0.2) is 42.5 Å². The third-order valence-corrected chi connectivity index (χ3v) is 2.67. The molecule has 2 aromatic carbocycles. The van der Waals surface area contributed by atoms with E-state index < -0.39 is 0 Å². The Bertz CT molecular complexity index is 675. The van der Waals surface area contributed by atoms with Crippen molar-refractivity contribution in [2.45, 2.75) is 6.92 Å². The van der Waals surface area contributed by atoms with Crippen LogP contribution in [0.1, 0.15) is 11.1 Å². The first-order valence-corrected chi connectivity index (χ1v) is 5.65. The van der Waals surface area contributed by atoms with Crippen LogP contribution in [0.2, 0.25) is 0 Å². The molecule has 5 nitrogen and oxygen atoms in total. The molecule has 0 aromatic heterocycles. The molecule has 0 amide bonds. The Morgan fingerprint density at radius 3 is 2.63 bits per heavy atom. The standard InChI is InChI=1S/C14H12N3O2/c1-10-6-7-11(9-15)13(8-10)16-12-4-2-3-5-14(12)17(18)19/h2-8,16H,1H3,(H,18,19)/q+1. The molecule has 0 aliphatic carbocycles. The molecular formula is C14H12N3O2+. The minimum atomic E-state index is -0.204. The largest absolute Gasteiger partial charge is 0.349 e. The van der Waals surface area contributed by atoms with Crippen LogP contribution in [-0.2, 0) is 0 Å². The number of para-hydroxylation sites is 2. The zero-order chi connectivity index (χ0) is 13.8. The molecule has 0 heterocycles. The number of rotatable bonds is 3. The quantitative estimate of drug-likeness (QED) is 0.823. The van der Waals surface area contributed by atoms with E-state index in [0.29, 0.717) is 16.9 Å². The normalized spacial score (nSPS) is 9.68. The van der Waals surface area contributed by atoms with Gasteiger partial charge in [-0.3, -0.25) is 0 Å². The van der Waals surface area contributed by atoms with E-state index in [2.05, 4.69) is 11.4 Å². The molecule has 19 heavy (non-hydrogen) atoms. The lowest BCUT2D eigenvalue weighted by atomic mass is 10.1. The lowest BCUT2D eigenvalue weighted by Gasteiger charge is -2.08. The second-order valence-electron chi connectivity index (χ2n) is 4.08. The number of nitrogens with one attached hydrogen (secondary N) is 1. The van der Waals surface area contributed by atoms with E-state index in [9.17, 15) is 4.91 Å². The molecule has 0 radical (unpaired) electrons. The van der Waals surface area contributed by atoms with Gasteiger partial charge in [-0.05, 0) is 30.7 Å². The van der Waals surface area contributed by atoms with E-state index >= 15 is 0 Å². The Balaban J connectivity index is 2.45. The topological polar surface area (TPSA) is 76.1 Å². The van der Waals surface area contributed by atoms with Crippen LogP contribution >= 0.6 is 0 Å². The van der Waals surface area contributed by atoms with Crippen molar-refractivity contribution in [1.29, 1.82) is 5.26 Å². The summed E-state index contributed by atoms with van der Waals surface area (Å²) in [5.41, 5.74) is 2.57. The second kappa shape index (κ2) is 5.19. The number of aryl methyl sites for hydroxylation is 1. The number of hydrogen-bond donors (Lipinski definition) is 2. The Kier molecular flexibility index (Phi) is 3.44. The van der Waals surface area contributed by atoms with E-state index in [4.69, 9.17) is 10.5 Å². The van der Waals surface area contributed by atoms with Gasteiger partial charge in [0.1, 0.15) is 11.8 Å². The van der Waals surface area contributed by atoms with Crippen molar-refractivity contribution >= 4 is 17.1 Å². The fourth-order valence-electron chi connectivity index (χ4n) is 1.75. The summed E-state index contributed by atoms with van der Waals surface area (Å²) in [6.07, 6.45) is 0. The summed E-state index contributed by atoms with van der Waals surface area (Å²) in [6, 6.07) is 13.9. The van der Waals surface area contributed by atoms with Gasteiger partial charge in [-0.15, -0.1) is 0 Å². The van der Waals surface area contributed by atoms with E-state index in [0.717, 1.165) is 5.56 Å². The Morgan fingerprint density at radius 1 is 1.21 bits per heavy atom. The number of nitrogens with zero attached hydrogens (tertiary/aromatic N) is 2. The maximum atomic E-state index is 11.0. The van der Waals surface area contributed by atoms with Gasteiger partial charge in [0.05, 0.1) is 16.2 Å². The predicted molar refractivity (Wildman–Crippen MR) is 70.7 cm³/mol. The van der Waals surface area contributed by atoms with Crippen LogP contribution < -0.4 is 5.32 Å². The van der Waals surface area contributed by atoms with Gasteiger partial charge < -0.3 is 5.32 Å². The Morgan fingerprint density at radius 2 is 1.95 bits per heavy atom. The number of benzene rings is 2. The van der Waals surface area contributed by atoms with Crippen LogP contribution in [0.5, 0.6) is 0 Å². The van der Waals surface area contributed by atoms with Crippen LogP contribution in [0.3, 0.4) is 0 Å². The van der Waals surface area contributed by atoms with Gasteiger partial charge in [-0.25, -0.2) is 5.21 Å². The SMILES string of the molecule is Cc1ccc(C#N)c(Nc2ccccc2[N+](=O)O)c1. The average molecular weight is 254 g/mol. The molecule has 0 unspecified atom stereocenters. The summed E-state index contributed by atoms with van der Waals surface area (Å²) in [7, 11) is 0. The van der Waals surface area contributed by atoms with Crippen molar-refractivity contribution in [3.8, 4) is 6.07 Å². The third-order valence-electron chi connectivity index (χ3n) is 2.67. The number of nitriles is 1. The lowest BCUT2D eigenvalue weighted by molar-refractivity contribution is -0.729. The van der Waals surface area contributed by atoms with Gasteiger partial charge in [0.25, 0.3) is 4.92 Å². The van der Waals surface area contributed by atoms with Crippen LogP contribution in [0.4, 0.5) is 17.1 Å². The van der Waals surface area contributed by atoms with Gasteiger partial charge in [-0.1, -0.05) is 18.2 Å². The van der Waals surface area contributed by atoms with Crippen molar-refractivity contribution in [2.24, 2.45) is 0 Å². The molecule has 0 saturated heterocycles. The monoisotopic (exact) mass is 254 g/mol. The van der Waals surface area contributed by atoms with Crippen LogP contribution in [-0.4, -0.2) is 10.1 Å². The van der Waals surface area contributed by atoms with Crippen molar-refractivity contribution in [2.75, 3.05) is 5.32 Å². The maximum Gasteiger partial charge on any atom is 0.339 e. The van der Waals surface area contributed by atoms with Gasteiger partial charge in [-0.2, -0.15) is 5.26 Å². The molecular weight excluding hydrogens is 242 g/mol. The zero-order valence-corrected chi connectivity index (χ0v) is 10.3. The molecule has 0 spiro atoms. The molecule has 2 rings (SSSR count). The summed E-state index contributed by atoms with van der Waals surface area (Å²) < 4.78 is 0. The maximum absolute atomic E-state index is 11.0. The summed E-state index contributed by atoms with van der Waals surface area (Å²) in [5.74, 6) is 0. The van der Waals surface area contributed by atoms with E-state index in [1.54, 1.807) is 24.3 Å². The van der Waals surface area contributed by atoms with Crippen molar-refractivity contribution < 1.29 is 10.1 Å². The van der Waals surface area contributed by atoms with E-state index in [1.807, 2.05) is 19.1 Å². The molecule has 0 atom stereocenters. The first-order valence-electron chi connectivity index (χ1n) is 5.65. The van der Waals surface area contributed by atoms with Crippen molar-refractivity contribution in [3.63, 3.8) is 0 Å². The van der Waals surface area contributed by atoms with E-state index in [-0.39, 0.29) is 10.6 Å². The number of hydrogen-bond acceptors (Lipinski definition) is 3. The average Bonchev–Trinajstić information content (AvgIpc) is 2.39. The second-order valence-corrected chi connectivity index (χ2v) is 4.08. The predicted octanol–water partition coefficient (Wildman–Crippen LogP) is 3.41. The molecule has 2 N–H and O–H groups in total. The lowest BCUT2D eigenvalue weighted by Crippen LogP contribution is -2.00. The highest BCUT2D eigenvalue weighted by molar-refractivity contribution is 5.73. The van der Waals surface area contributed by atoms with Gasteiger partial charge in [0.2, 0.25) is 0 Å². The summed E-state index contributed by atoms with van der Waals surface area (Å²) in [5, 5.41) is 21.1. The molecule has 0 aliphatic rings. The highest BCUT2D eigenvalue weighted by atomic mass is 16.6. The number of anilines is 2. The first-order chi connectivity index (χ1) is 9.11. The molecule has 5 heteroatoms. The Hall–Kier alpha value is -2.87. The van der Waals surface area contributed by atoms with Crippen molar-refractivity contribution in [1.82, 2.24) is 0 Å². The van der Waals surface area contributed by atoms with Gasteiger partial charge in [0.15, 0.2) is 0 Å². The highest BCUT2D eigenvalue weighted by Gasteiger charge is 2.18. The Labute approximate surface area is 110 Å². The minimum Gasteiger partial charge on any atom is -0.349 e. The summed E-state index contributed by atoms with van der Waals surface area (Å²) >= 11 is 0.